The summed E-state index contributed by atoms with van der Waals surface area (Å²) in [5.74, 6) is 0. The van der Waals surface area contributed by atoms with Gasteiger partial charge < -0.3 is 5.11 Å². The molecule has 1 aliphatic heterocycles. The first kappa shape index (κ1) is 11.6. The first-order valence-electron chi connectivity index (χ1n) is 6.12. The normalized spacial score (nSPS) is 18.9. The van der Waals surface area contributed by atoms with Gasteiger partial charge >= 0.3 is 0 Å². The van der Waals surface area contributed by atoms with E-state index in [1.54, 1.807) is 0 Å². The first-order chi connectivity index (χ1) is 7.78. The van der Waals surface area contributed by atoms with Gasteiger partial charge in [0.25, 0.3) is 0 Å². The minimum absolute atomic E-state index is 0.0915. The number of hydrogen-bond acceptors (Lipinski definition) is 3. The average Bonchev–Trinajstić information content (AvgIpc) is 2.32. The Kier molecular flexibility index (Phi) is 3.91. The second-order valence-corrected chi connectivity index (χ2v) is 4.52. The van der Waals surface area contributed by atoms with Crippen molar-refractivity contribution in [1.82, 2.24) is 9.88 Å². The van der Waals surface area contributed by atoms with Gasteiger partial charge in [-0.25, -0.2) is 0 Å². The molecular formula is C13H20N2O. The Morgan fingerprint density at radius 1 is 1.44 bits per heavy atom. The van der Waals surface area contributed by atoms with Crippen LogP contribution in [-0.4, -0.2) is 34.2 Å². The topological polar surface area (TPSA) is 36.4 Å². The maximum absolute atomic E-state index is 9.43. The lowest BCUT2D eigenvalue weighted by atomic mass is 10.1. The maximum Gasteiger partial charge on any atom is 0.0564 e. The molecule has 0 spiro atoms. The van der Waals surface area contributed by atoms with Crippen molar-refractivity contribution in [2.75, 3.05) is 13.1 Å². The minimum atomic E-state index is -0.0915. The standard InChI is InChI=1S/C13H20N2O/c1-2-11-3-6-14-12(9-11)10-15-7-4-13(16)5-8-15/h3,6,9,13,16H,2,4-5,7-8,10H2,1H3. The van der Waals surface area contributed by atoms with Crippen LogP contribution in [0.5, 0.6) is 0 Å². The van der Waals surface area contributed by atoms with Crippen LogP contribution in [-0.2, 0) is 13.0 Å². The zero-order valence-corrected chi connectivity index (χ0v) is 9.89. The second kappa shape index (κ2) is 5.41. The third-order valence-corrected chi connectivity index (χ3v) is 3.23. The van der Waals surface area contributed by atoms with E-state index in [2.05, 4.69) is 28.9 Å². The second-order valence-electron chi connectivity index (χ2n) is 4.52. The van der Waals surface area contributed by atoms with E-state index < -0.39 is 0 Å². The fraction of sp³-hybridized carbons (Fsp3) is 0.615. The van der Waals surface area contributed by atoms with Crippen molar-refractivity contribution in [3.63, 3.8) is 0 Å². The molecule has 1 aromatic heterocycles. The Balaban J connectivity index is 1.93. The summed E-state index contributed by atoms with van der Waals surface area (Å²) in [5.41, 5.74) is 2.50. The third kappa shape index (κ3) is 3.03. The molecule has 1 N–H and O–H groups in total. The molecule has 0 unspecified atom stereocenters. The smallest absolute Gasteiger partial charge is 0.0564 e. The first-order valence-corrected chi connectivity index (χ1v) is 6.12. The van der Waals surface area contributed by atoms with Crippen LogP contribution in [0.4, 0.5) is 0 Å². The fourth-order valence-electron chi connectivity index (χ4n) is 2.14. The molecule has 16 heavy (non-hydrogen) atoms. The number of aryl methyl sites for hydroxylation is 1. The molecular weight excluding hydrogens is 200 g/mol. The Morgan fingerprint density at radius 2 is 2.19 bits per heavy atom. The van der Waals surface area contributed by atoms with E-state index in [4.69, 9.17) is 0 Å². The van der Waals surface area contributed by atoms with Gasteiger partial charge in [-0.2, -0.15) is 0 Å². The summed E-state index contributed by atoms with van der Waals surface area (Å²) in [6.07, 6.45) is 4.66. The summed E-state index contributed by atoms with van der Waals surface area (Å²) in [5, 5.41) is 9.43. The lowest BCUT2D eigenvalue weighted by Gasteiger charge is -2.29. The monoisotopic (exact) mass is 220 g/mol. The van der Waals surface area contributed by atoms with Gasteiger partial charge in [-0.1, -0.05) is 6.92 Å². The van der Waals surface area contributed by atoms with Crippen molar-refractivity contribution in [1.29, 1.82) is 0 Å². The van der Waals surface area contributed by atoms with Crippen LogP contribution in [0.15, 0.2) is 18.3 Å². The molecule has 1 saturated heterocycles. The Morgan fingerprint density at radius 3 is 2.88 bits per heavy atom. The highest BCUT2D eigenvalue weighted by Crippen LogP contribution is 2.13. The molecule has 2 rings (SSSR count). The highest BCUT2D eigenvalue weighted by atomic mass is 16.3. The summed E-state index contributed by atoms with van der Waals surface area (Å²) in [7, 11) is 0. The van der Waals surface area contributed by atoms with Crippen molar-refractivity contribution >= 4 is 0 Å². The van der Waals surface area contributed by atoms with Gasteiger partial charge in [0.05, 0.1) is 11.8 Å². The van der Waals surface area contributed by atoms with Gasteiger partial charge in [0.1, 0.15) is 0 Å². The van der Waals surface area contributed by atoms with E-state index in [1.807, 2.05) is 6.20 Å². The van der Waals surface area contributed by atoms with Gasteiger partial charge in [-0.3, -0.25) is 9.88 Å². The van der Waals surface area contributed by atoms with E-state index in [0.29, 0.717) is 0 Å². The van der Waals surface area contributed by atoms with Crippen LogP contribution in [0.25, 0.3) is 0 Å². The molecule has 2 heterocycles. The van der Waals surface area contributed by atoms with Crippen LogP contribution in [0.3, 0.4) is 0 Å². The molecule has 0 bridgehead atoms. The van der Waals surface area contributed by atoms with Crippen molar-refractivity contribution < 1.29 is 5.11 Å². The highest BCUT2D eigenvalue weighted by molar-refractivity contribution is 5.16. The SMILES string of the molecule is CCc1ccnc(CN2CCC(O)CC2)c1. The molecule has 0 saturated carbocycles. The number of piperidine rings is 1. The maximum atomic E-state index is 9.43. The van der Waals surface area contributed by atoms with Crippen LogP contribution in [0.2, 0.25) is 0 Å². The van der Waals surface area contributed by atoms with Crippen LogP contribution in [0.1, 0.15) is 31.0 Å². The molecule has 3 nitrogen and oxygen atoms in total. The van der Waals surface area contributed by atoms with Crippen molar-refractivity contribution in [3.05, 3.63) is 29.6 Å². The Hall–Kier alpha value is -0.930. The number of aliphatic hydroxyl groups excluding tert-OH is 1. The summed E-state index contributed by atoms with van der Waals surface area (Å²) < 4.78 is 0. The van der Waals surface area contributed by atoms with Gasteiger partial charge in [0, 0.05) is 25.8 Å². The van der Waals surface area contributed by atoms with E-state index in [0.717, 1.165) is 44.6 Å². The lowest BCUT2D eigenvalue weighted by molar-refractivity contribution is 0.0786. The van der Waals surface area contributed by atoms with Crippen molar-refractivity contribution in [3.8, 4) is 0 Å². The molecule has 3 heteroatoms. The Labute approximate surface area is 97.1 Å². The average molecular weight is 220 g/mol. The van der Waals surface area contributed by atoms with Crippen LogP contribution >= 0.6 is 0 Å². The minimum Gasteiger partial charge on any atom is -0.393 e. The van der Waals surface area contributed by atoms with E-state index in [9.17, 15) is 5.11 Å². The summed E-state index contributed by atoms with van der Waals surface area (Å²) in [6.45, 7) is 5.05. The summed E-state index contributed by atoms with van der Waals surface area (Å²) in [4.78, 5) is 6.77. The van der Waals surface area contributed by atoms with Crippen LogP contribution < -0.4 is 0 Å². The number of aromatic nitrogens is 1. The quantitative estimate of drug-likeness (QED) is 0.840. The van der Waals surface area contributed by atoms with E-state index >= 15 is 0 Å². The predicted octanol–water partition coefficient (Wildman–Crippen LogP) is 1.60. The van der Waals surface area contributed by atoms with Gasteiger partial charge in [-0.15, -0.1) is 0 Å². The summed E-state index contributed by atoms with van der Waals surface area (Å²) in [6, 6.07) is 4.26. The van der Waals surface area contributed by atoms with Gasteiger partial charge in [-0.05, 0) is 37.0 Å². The Bertz CT molecular complexity index is 332. The largest absolute Gasteiger partial charge is 0.393 e. The van der Waals surface area contributed by atoms with Crippen molar-refractivity contribution in [2.24, 2.45) is 0 Å². The molecule has 88 valence electrons. The van der Waals surface area contributed by atoms with E-state index in [1.165, 1.54) is 5.56 Å². The zero-order chi connectivity index (χ0) is 11.4. The molecule has 0 amide bonds. The molecule has 0 atom stereocenters. The van der Waals surface area contributed by atoms with Gasteiger partial charge in [0.2, 0.25) is 0 Å². The predicted molar refractivity (Wildman–Crippen MR) is 64.1 cm³/mol. The number of aliphatic hydroxyl groups is 1. The highest BCUT2D eigenvalue weighted by Gasteiger charge is 2.17. The molecule has 0 aromatic carbocycles. The number of hydrogen-bond donors (Lipinski definition) is 1. The van der Waals surface area contributed by atoms with Gasteiger partial charge in [0.15, 0.2) is 0 Å². The zero-order valence-electron chi connectivity index (χ0n) is 9.89. The molecule has 0 radical (unpaired) electrons. The molecule has 1 aliphatic rings. The molecule has 1 aromatic rings. The van der Waals surface area contributed by atoms with Crippen LogP contribution in [0, 0.1) is 0 Å². The number of nitrogens with zero attached hydrogens (tertiary/aromatic N) is 2. The molecule has 0 aliphatic carbocycles. The fourth-order valence-corrected chi connectivity index (χ4v) is 2.14. The third-order valence-electron chi connectivity index (χ3n) is 3.23. The number of rotatable bonds is 3. The van der Waals surface area contributed by atoms with Crippen molar-refractivity contribution in [2.45, 2.75) is 38.8 Å². The summed E-state index contributed by atoms with van der Waals surface area (Å²) >= 11 is 0. The lowest BCUT2D eigenvalue weighted by Crippen LogP contribution is -2.35. The van der Waals surface area contributed by atoms with E-state index in [-0.39, 0.29) is 6.10 Å². The number of likely N-dealkylation sites (tertiary alicyclic amines) is 1. The number of pyridine rings is 1. The molecule has 1 fully saturated rings.